The van der Waals surface area contributed by atoms with Crippen molar-refractivity contribution in [2.45, 2.75) is 6.42 Å². The van der Waals surface area contributed by atoms with Crippen LogP contribution in [0.2, 0.25) is 5.02 Å². The first kappa shape index (κ1) is 9.62. The van der Waals surface area contributed by atoms with E-state index in [-0.39, 0.29) is 0 Å². The largest absolute Gasteiger partial charge is 0.267 e. The molecule has 0 aliphatic rings. The summed E-state index contributed by atoms with van der Waals surface area (Å²) in [5.41, 5.74) is 0.918. The minimum absolute atomic E-state index is 0.631. The summed E-state index contributed by atoms with van der Waals surface area (Å²) < 4.78 is 1.73. The van der Waals surface area contributed by atoms with E-state index in [9.17, 15) is 0 Å². The zero-order valence-corrected chi connectivity index (χ0v) is 8.31. The monoisotopic (exact) mass is 204 g/mol. The van der Waals surface area contributed by atoms with Gasteiger partial charge in [0.25, 0.3) is 0 Å². The van der Waals surface area contributed by atoms with Crippen LogP contribution in [0.15, 0.2) is 12.3 Å². The predicted molar refractivity (Wildman–Crippen MR) is 52.6 cm³/mol. The van der Waals surface area contributed by atoms with Gasteiger partial charge in [-0.1, -0.05) is 17.7 Å². The van der Waals surface area contributed by atoms with E-state index in [0.29, 0.717) is 10.9 Å². The molecule has 0 amide bonds. The van der Waals surface area contributed by atoms with Gasteiger partial charge in [-0.15, -0.1) is 11.6 Å². The highest BCUT2D eigenvalue weighted by Gasteiger charge is 2.00. The van der Waals surface area contributed by atoms with Gasteiger partial charge in [-0.3, -0.25) is 4.68 Å². The molecule has 0 saturated carbocycles. The van der Waals surface area contributed by atoms with E-state index >= 15 is 0 Å². The molecular weight excluding hydrogens is 195 g/mol. The molecule has 0 fully saturated rings. The maximum absolute atomic E-state index is 5.86. The van der Waals surface area contributed by atoms with Crippen LogP contribution in [-0.4, -0.2) is 15.7 Å². The second-order valence-corrected chi connectivity index (χ2v) is 3.17. The molecule has 0 radical (unpaired) electrons. The van der Waals surface area contributed by atoms with Gasteiger partial charge >= 0.3 is 0 Å². The number of hydrogen-bond acceptors (Lipinski definition) is 1. The van der Waals surface area contributed by atoms with Gasteiger partial charge in [0.15, 0.2) is 0 Å². The quantitative estimate of drug-likeness (QED) is 0.693. The summed E-state index contributed by atoms with van der Waals surface area (Å²) in [6.45, 7) is 0. The molecule has 0 aromatic carbocycles. The number of hydrogen-bond donors (Lipinski definition) is 0. The van der Waals surface area contributed by atoms with Crippen molar-refractivity contribution >= 4 is 29.3 Å². The number of allylic oxidation sites excluding steroid dienone is 1. The third-order valence-electron chi connectivity index (χ3n) is 1.49. The fourth-order valence-corrected chi connectivity index (χ4v) is 1.22. The van der Waals surface area contributed by atoms with Crippen molar-refractivity contribution in [2.24, 2.45) is 7.05 Å². The van der Waals surface area contributed by atoms with Crippen LogP contribution in [-0.2, 0) is 7.05 Å². The second kappa shape index (κ2) is 4.53. The van der Waals surface area contributed by atoms with E-state index in [0.717, 1.165) is 12.1 Å². The van der Waals surface area contributed by atoms with Crippen LogP contribution in [0.5, 0.6) is 0 Å². The standard InChI is InChI=1S/C8H10Cl2N2/c1-12-8(4-2-3-5-9)7(10)6-11-12/h2,4,6H,3,5H2,1H3/b4-2+. The van der Waals surface area contributed by atoms with Crippen LogP contribution < -0.4 is 0 Å². The van der Waals surface area contributed by atoms with E-state index in [1.165, 1.54) is 0 Å². The van der Waals surface area contributed by atoms with Crippen LogP contribution >= 0.6 is 23.2 Å². The Morgan fingerprint density at radius 3 is 2.92 bits per heavy atom. The fraction of sp³-hybridized carbons (Fsp3) is 0.375. The summed E-state index contributed by atoms with van der Waals surface area (Å²) in [5, 5.41) is 4.67. The third-order valence-corrected chi connectivity index (χ3v) is 2.00. The zero-order valence-electron chi connectivity index (χ0n) is 6.80. The molecule has 0 spiro atoms. The lowest BCUT2D eigenvalue weighted by Crippen LogP contribution is -1.92. The van der Waals surface area contributed by atoms with Gasteiger partial charge in [0.05, 0.1) is 16.9 Å². The molecule has 0 atom stereocenters. The lowest BCUT2D eigenvalue weighted by Gasteiger charge is -1.94. The first-order valence-electron chi connectivity index (χ1n) is 3.65. The molecule has 1 rings (SSSR count). The van der Waals surface area contributed by atoms with Crippen molar-refractivity contribution in [3.63, 3.8) is 0 Å². The maximum Gasteiger partial charge on any atom is 0.0859 e. The zero-order chi connectivity index (χ0) is 8.97. The molecule has 2 nitrogen and oxygen atoms in total. The molecule has 0 saturated heterocycles. The molecule has 1 aromatic rings. The number of aryl methyl sites for hydroxylation is 1. The summed E-state index contributed by atoms with van der Waals surface area (Å²) in [6, 6.07) is 0. The lowest BCUT2D eigenvalue weighted by atomic mass is 10.3. The highest BCUT2D eigenvalue weighted by Crippen LogP contribution is 2.15. The molecule has 1 aromatic heterocycles. The normalized spacial score (nSPS) is 11.2. The van der Waals surface area contributed by atoms with Crippen LogP contribution in [0.4, 0.5) is 0 Å². The average Bonchev–Trinajstić information content (AvgIpc) is 2.35. The van der Waals surface area contributed by atoms with Gasteiger partial charge < -0.3 is 0 Å². The molecule has 66 valence electrons. The molecule has 0 aliphatic carbocycles. The Balaban J connectivity index is 2.73. The van der Waals surface area contributed by atoms with Crippen molar-refractivity contribution in [3.8, 4) is 0 Å². The second-order valence-electron chi connectivity index (χ2n) is 2.38. The van der Waals surface area contributed by atoms with Crippen molar-refractivity contribution in [1.29, 1.82) is 0 Å². The Kier molecular flexibility index (Phi) is 3.63. The lowest BCUT2D eigenvalue weighted by molar-refractivity contribution is 0.759. The van der Waals surface area contributed by atoms with Crippen LogP contribution in [0, 0.1) is 0 Å². The SMILES string of the molecule is Cn1ncc(Cl)c1/C=C/CCCl. The number of rotatable bonds is 3. The first-order valence-corrected chi connectivity index (χ1v) is 4.57. The van der Waals surface area contributed by atoms with Gasteiger partial charge in [-0.25, -0.2) is 0 Å². The van der Waals surface area contributed by atoms with Gasteiger partial charge in [0, 0.05) is 12.9 Å². The number of alkyl halides is 1. The number of halogens is 2. The van der Waals surface area contributed by atoms with E-state index in [2.05, 4.69) is 5.10 Å². The van der Waals surface area contributed by atoms with Gasteiger partial charge in [0.2, 0.25) is 0 Å². The molecule has 0 N–H and O–H groups in total. The Labute approximate surface area is 81.8 Å². The highest BCUT2D eigenvalue weighted by molar-refractivity contribution is 6.31. The average molecular weight is 205 g/mol. The highest BCUT2D eigenvalue weighted by atomic mass is 35.5. The first-order chi connectivity index (χ1) is 5.75. The fourth-order valence-electron chi connectivity index (χ4n) is 0.866. The summed E-state index contributed by atoms with van der Waals surface area (Å²) in [4.78, 5) is 0. The number of aromatic nitrogens is 2. The molecule has 12 heavy (non-hydrogen) atoms. The van der Waals surface area contributed by atoms with Gasteiger partial charge in [0.1, 0.15) is 0 Å². The Morgan fingerprint density at radius 2 is 2.42 bits per heavy atom. The summed E-state index contributed by atoms with van der Waals surface area (Å²) in [7, 11) is 1.85. The van der Waals surface area contributed by atoms with Crippen molar-refractivity contribution in [3.05, 3.63) is 23.0 Å². The maximum atomic E-state index is 5.86. The van der Waals surface area contributed by atoms with Crippen molar-refractivity contribution in [2.75, 3.05) is 5.88 Å². The van der Waals surface area contributed by atoms with E-state index < -0.39 is 0 Å². The smallest absolute Gasteiger partial charge is 0.0859 e. The molecule has 0 aliphatic heterocycles. The summed E-state index contributed by atoms with van der Waals surface area (Å²) in [6.07, 6.45) is 6.39. The minimum atomic E-state index is 0.631. The number of nitrogens with zero attached hydrogens (tertiary/aromatic N) is 2. The molecule has 0 unspecified atom stereocenters. The summed E-state index contributed by atoms with van der Waals surface area (Å²) in [5.74, 6) is 0.631. The van der Waals surface area contributed by atoms with E-state index in [4.69, 9.17) is 23.2 Å². The van der Waals surface area contributed by atoms with Crippen LogP contribution in [0.3, 0.4) is 0 Å². The van der Waals surface area contributed by atoms with Crippen molar-refractivity contribution in [1.82, 2.24) is 9.78 Å². The van der Waals surface area contributed by atoms with Crippen LogP contribution in [0.1, 0.15) is 12.1 Å². The third kappa shape index (κ3) is 2.26. The van der Waals surface area contributed by atoms with Crippen LogP contribution in [0.25, 0.3) is 6.08 Å². The predicted octanol–water partition coefficient (Wildman–Crippen LogP) is 2.72. The van der Waals surface area contributed by atoms with Gasteiger partial charge in [-0.2, -0.15) is 5.10 Å². The molecule has 4 heteroatoms. The van der Waals surface area contributed by atoms with E-state index in [1.54, 1.807) is 10.9 Å². The molecule has 0 bridgehead atoms. The Bertz CT molecular complexity index is 259. The minimum Gasteiger partial charge on any atom is -0.267 e. The van der Waals surface area contributed by atoms with Crippen molar-refractivity contribution < 1.29 is 0 Å². The van der Waals surface area contributed by atoms with Gasteiger partial charge in [-0.05, 0) is 12.5 Å². The summed E-state index contributed by atoms with van der Waals surface area (Å²) >= 11 is 11.4. The topological polar surface area (TPSA) is 17.8 Å². The Hall–Kier alpha value is -0.470. The molecule has 1 heterocycles. The molecular formula is C8H10Cl2N2. The Morgan fingerprint density at radius 1 is 1.67 bits per heavy atom. The van der Waals surface area contributed by atoms with E-state index in [1.807, 2.05) is 19.2 Å².